The molecule has 2 N–H and O–H groups in total. The number of carbonyl (C=O) groups is 2. The molecule has 0 spiro atoms. The Morgan fingerprint density at radius 1 is 1.13 bits per heavy atom. The SMILES string of the molecule is CNC(=O)[C@@H](NC(=O)c1nc(-c2ccccc2)n2c1CN(C1CC1)CCC2)C(C)(C)C. The molecular weight excluding hydrogens is 390 g/mol. The summed E-state index contributed by atoms with van der Waals surface area (Å²) in [5, 5.41) is 5.65. The molecule has 1 atom stereocenters. The average molecular weight is 424 g/mol. The molecule has 4 rings (SSSR count). The lowest BCUT2D eigenvalue weighted by atomic mass is 9.86. The van der Waals surface area contributed by atoms with Gasteiger partial charge in [-0.1, -0.05) is 51.1 Å². The van der Waals surface area contributed by atoms with E-state index in [2.05, 4.69) is 20.1 Å². The van der Waals surface area contributed by atoms with Crippen LogP contribution in [0.25, 0.3) is 11.4 Å². The second kappa shape index (κ2) is 8.46. The topological polar surface area (TPSA) is 79.3 Å². The Bertz CT molecular complexity index is 956. The first kappa shape index (κ1) is 21.6. The van der Waals surface area contributed by atoms with Gasteiger partial charge in [-0.25, -0.2) is 4.98 Å². The minimum absolute atomic E-state index is 0.200. The van der Waals surface area contributed by atoms with E-state index in [1.54, 1.807) is 7.05 Å². The number of carbonyl (C=O) groups excluding carboxylic acids is 2. The molecule has 0 unspecified atom stereocenters. The highest BCUT2D eigenvalue weighted by Gasteiger charge is 2.36. The zero-order valence-electron chi connectivity index (χ0n) is 18.9. The van der Waals surface area contributed by atoms with E-state index in [9.17, 15) is 9.59 Å². The molecule has 31 heavy (non-hydrogen) atoms. The molecule has 7 heteroatoms. The van der Waals surface area contributed by atoms with E-state index in [1.807, 2.05) is 51.1 Å². The van der Waals surface area contributed by atoms with Gasteiger partial charge in [-0.3, -0.25) is 14.5 Å². The fraction of sp³-hybridized carbons (Fsp3) is 0.542. The number of rotatable bonds is 5. The van der Waals surface area contributed by atoms with E-state index < -0.39 is 11.5 Å². The average Bonchev–Trinajstić information content (AvgIpc) is 3.55. The maximum absolute atomic E-state index is 13.5. The maximum atomic E-state index is 13.5. The lowest BCUT2D eigenvalue weighted by Gasteiger charge is -2.29. The van der Waals surface area contributed by atoms with E-state index in [1.165, 1.54) is 12.8 Å². The van der Waals surface area contributed by atoms with Crippen LogP contribution in [0.3, 0.4) is 0 Å². The van der Waals surface area contributed by atoms with Gasteiger partial charge in [0.25, 0.3) is 5.91 Å². The normalized spacial score (nSPS) is 18.1. The summed E-state index contributed by atoms with van der Waals surface area (Å²) in [4.78, 5) is 33.3. The largest absolute Gasteiger partial charge is 0.357 e. The number of nitrogens with zero attached hydrogens (tertiary/aromatic N) is 3. The summed E-state index contributed by atoms with van der Waals surface area (Å²) in [5.41, 5.74) is 1.96. The van der Waals surface area contributed by atoms with Crippen LogP contribution in [0.1, 0.15) is 56.2 Å². The van der Waals surface area contributed by atoms with Crippen molar-refractivity contribution in [3.05, 3.63) is 41.7 Å². The molecule has 166 valence electrons. The van der Waals surface area contributed by atoms with E-state index in [4.69, 9.17) is 4.98 Å². The number of nitrogens with one attached hydrogen (secondary N) is 2. The second-order valence-corrected chi connectivity index (χ2v) is 9.69. The number of fused-ring (bicyclic) bond motifs is 1. The van der Waals surface area contributed by atoms with Crippen molar-refractivity contribution in [1.82, 2.24) is 25.1 Å². The number of amides is 2. The number of hydrogen-bond acceptors (Lipinski definition) is 4. The number of benzene rings is 1. The van der Waals surface area contributed by atoms with E-state index >= 15 is 0 Å². The highest BCUT2D eigenvalue weighted by atomic mass is 16.2. The number of imidazole rings is 1. The lowest BCUT2D eigenvalue weighted by molar-refractivity contribution is -0.124. The molecule has 0 saturated heterocycles. The summed E-state index contributed by atoms with van der Waals surface area (Å²) >= 11 is 0. The summed E-state index contributed by atoms with van der Waals surface area (Å²) in [5.74, 6) is 0.340. The van der Waals surface area contributed by atoms with Crippen LogP contribution < -0.4 is 10.6 Å². The molecule has 2 aromatic rings. The van der Waals surface area contributed by atoms with Gasteiger partial charge in [-0.05, 0) is 24.7 Å². The highest BCUT2D eigenvalue weighted by molar-refractivity contribution is 5.97. The number of aromatic nitrogens is 2. The van der Waals surface area contributed by atoms with Crippen molar-refractivity contribution in [1.29, 1.82) is 0 Å². The highest BCUT2D eigenvalue weighted by Crippen LogP contribution is 2.33. The third-order valence-electron chi connectivity index (χ3n) is 6.21. The summed E-state index contributed by atoms with van der Waals surface area (Å²) in [6.45, 7) is 8.43. The third-order valence-corrected chi connectivity index (χ3v) is 6.21. The Hall–Kier alpha value is -2.67. The molecule has 1 aromatic carbocycles. The fourth-order valence-electron chi connectivity index (χ4n) is 4.35. The van der Waals surface area contributed by atoms with Gasteiger partial charge in [0.15, 0.2) is 5.69 Å². The molecule has 1 aromatic heterocycles. The molecule has 1 fully saturated rings. The molecule has 0 bridgehead atoms. The summed E-state index contributed by atoms with van der Waals surface area (Å²) in [6, 6.07) is 10.00. The van der Waals surface area contributed by atoms with Crippen molar-refractivity contribution < 1.29 is 9.59 Å². The first-order chi connectivity index (χ1) is 14.8. The second-order valence-electron chi connectivity index (χ2n) is 9.69. The molecule has 1 aliphatic heterocycles. The van der Waals surface area contributed by atoms with Gasteiger partial charge in [0.1, 0.15) is 11.9 Å². The Morgan fingerprint density at radius 3 is 2.45 bits per heavy atom. The zero-order chi connectivity index (χ0) is 22.2. The number of likely N-dealkylation sites (N-methyl/N-ethyl adjacent to an activating group) is 1. The molecule has 1 saturated carbocycles. The van der Waals surface area contributed by atoms with Gasteiger partial charge in [-0.2, -0.15) is 0 Å². The smallest absolute Gasteiger partial charge is 0.272 e. The lowest BCUT2D eigenvalue weighted by Crippen LogP contribution is -2.53. The molecule has 2 amide bonds. The maximum Gasteiger partial charge on any atom is 0.272 e. The van der Waals surface area contributed by atoms with Gasteiger partial charge in [0.2, 0.25) is 5.91 Å². The van der Waals surface area contributed by atoms with Crippen LogP contribution in [-0.4, -0.2) is 51.9 Å². The molecule has 2 heterocycles. The van der Waals surface area contributed by atoms with Crippen LogP contribution in [0, 0.1) is 5.41 Å². The summed E-state index contributed by atoms with van der Waals surface area (Å²) < 4.78 is 2.21. The van der Waals surface area contributed by atoms with Gasteiger partial charge in [-0.15, -0.1) is 0 Å². The van der Waals surface area contributed by atoms with Crippen molar-refractivity contribution in [3.63, 3.8) is 0 Å². The van der Waals surface area contributed by atoms with Crippen molar-refractivity contribution in [2.24, 2.45) is 5.41 Å². The van der Waals surface area contributed by atoms with Crippen LogP contribution in [0.2, 0.25) is 0 Å². The summed E-state index contributed by atoms with van der Waals surface area (Å²) in [6.07, 6.45) is 3.48. The van der Waals surface area contributed by atoms with Crippen molar-refractivity contribution >= 4 is 11.8 Å². The Morgan fingerprint density at radius 2 is 1.84 bits per heavy atom. The van der Waals surface area contributed by atoms with Crippen LogP contribution in [0.15, 0.2) is 30.3 Å². The Kier molecular flexibility index (Phi) is 5.88. The van der Waals surface area contributed by atoms with Crippen LogP contribution in [0.5, 0.6) is 0 Å². The predicted octanol–water partition coefficient (Wildman–Crippen LogP) is 2.81. The van der Waals surface area contributed by atoms with Crippen molar-refractivity contribution in [2.75, 3.05) is 13.6 Å². The van der Waals surface area contributed by atoms with E-state index in [-0.39, 0.29) is 11.8 Å². The predicted molar refractivity (Wildman–Crippen MR) is 120 cm³/mol. The Balaban J connectivity index is 1.73. The monoisotopic (exact) mass is 423 g/mol. The summed E-state index contributed by atoms with van der Waals surface area (Å²) in [7, 11) is 1.59. The standard InChI is InChI=1S/C24H33N5O2/c1-24(2,3)20(23(31)25-4)27-22(30)19-18-15-28(17-11-12-17)13-8-14-29(18)21(26-19)16-9-6-5-7-10-16/h5-7,9-10,17,20H,8,11-15H2,1-4H3,(H,25,31)(H,27,30)/t20-/m1/s1. The minimum atomic E-state index is -0.646. The third kappa shape index (κ3) is 4.51. The fourth-order valence-corrected chi connectivity index (χ4v) is 4.35. The van der Waals surface area contributed by atoms with Crippen LogP contribution in [-0.2, 0) is 17.9 Å². The number of hydrogen-bond donors (Lipinski definition) is 2. The van der Waals surface area contributed by atoms with Gasteiger partial charge < -0.3 is 15.2 Å². The van der Waals surface area contributed by atoms with Gasteiger partial charge >= 0.3 is 0 Å². The zero-order valence-corrected chi connectivity index (χ0v) is 18.9. The minimum Gasteiger partial charge on any atom is -0.357 e. The molecule has 0 radical (unpaired) electrons. The van der Waals surface area contributed by atoms with Crippen molar-refractivity contribution in [2.45, 2.75) is 65.2 Å². The molecule has 1 aliphatic carbocycles. The van der Waals surface area contributed by atoms with Crippen LogP contribution >= 0.6 is 0 Å². The first-order valence-corrected chi connectivity index (χ1v) is 11.2. The van der Waals surface area contributed by atoms with Gasteiger partial charge in [0, 0.05) is 38.3 Å². The first-order valence-electron chi connectivity index (χ1n) is 11.2. The quantitative estimate of drug-likeness (QED) is 0.775. The molecular formula is C24H33N5O2. The van der Waals surface area contributed by atoms with Gasteiger partial charge in [0.05, 0.1) is 5.69 Å². The molecule has 7 nitrogen and oxygen atoms in total. The van der Waals surface area contributed by atoms with Crippen molar-refractivity contribution in [3.8, 4) is 11.4 Å². The van der Waals surface area contributed by atoms with E-state index in [0.717, 1.165) is 36.6 Å². The Labute approximate surface area is 184 Å². The molecule has 2 aliphatic rings. The van der Waals surface area contributed by atoms with E-state index in [0.29, 0.717) is 18.3 Å². The van der Waals surface area contributed by atoms with Crippen LogP contribution in [0.4, 0.5) is 0 Å².